The van der Waals surface area contributed by atoms with Crippen LogP contribution in [0, 0.1) is 5.92 Å². The summed E-state index contributed by atoms with van der Waals surface area (Å²) in [6.07, 6.45) is 1.61. The molecule has 2 heterocycles. The van der Waals surface area contributed by atoms with Crippen molar-refractivity contribution in [1.29, 1.82) is 0 Å². The summed E-state index contributed by atoms with van der Waals surface area (Å²) < 4.78 is 5.63. The fourth-order valence-electron chi connectivity index (χ4n) is 2.43. The summed E-state index contributed by atoms with van der Waals surface area (Å²) in [5.74, 6) is 0.367. The molecule has 128 valence electrons. The summed E-state index contributed by atoms with van der Waals surface area (Å²) in [7, 11) is 0. The van der Waals surface area contributed by atoms with Crippen LogP contribution < -0.4 is 0 Å². The topological polar surface area (TPSA) is 53.1 Å². The number of nitrogens with zero attached hydrogens (tertiary/aromatic N) is 3. The molecule has 2 fully saturated rings. The van der Waals surface area contributed by atoms with Crippen LogP contribution in [-0.2, 0) is 9.53 Å². The second-order valence-corrected chi connectivity index (χ2v) is 7.57. The van der Waals surface area contributed by atoms with Crippen LogP contribution in [0.3, 0.4) is 0 Å². The molecule has 0 atom stereocenters. The number of piperazine rings is 1. The first-order valence-corrected chi connectivity index (χ1v) is 9.06. The van der Waals surface area contributed by atoms with Crippen LogP contribution in [0.25, 0.3) is 0 Å². The van der Waals surface area contributed by atoms with Gasteiger partial charge in [-0.1, -0.05) is 37.8 Å². The van der Waals surface area contributed by atoms with Gasteiger partial charge in [0.15, 0.2) is 0 Å². The molecule has 0 aromatic heterocycles. The summed E-state index contributed by atoms with van der Waals surface area (Å²) in [6, 6.07) is 0. The minimum Gasteiger partial charge on any atom is -0.450 e. The summed E-state index contributed by atoms with van der Waals surface area (Å²) in [4.78, 5) is 30.2. The summed E-state index contributed by atoms with van der Waals surface area (Å²) in [6.45, 7) is 9.54. The van der Waals surface area contributed by atoms with Gasteiger partial charge in [-0.2, -0.15) is 0 Å². The zero-order chi connectivity index (χ0) is 17.0. The molecule has 0 aliphatic carbocycles. The zero-order valence-electron chi connectivity index (χ0n) is 13.8. The monoisotopic (exact) mass is 357 g/mol. The van der Waals surface area contributed by atoms with Crippen molar-refractivity contribution < 1.29 is 14.3 Å². The predicted octanol–water partition coefficient (Wildman–Crippen LogP) is 2.12. The van der Waals surface area contributed by atoms with E-state index in [1.54, 1.807) is 16.7 Å². The predicted molar refractivity (Wildman–Crippen MR) is 95.0 cm³/mol. The number of rotatable bonds is 4. The fourth-order valence-corrected chi connectivity index (χ4v) is 3.71. The highest BCUT2D eigenvalue weighted by Gasteiger charge is 2.33. The van der Waals surface area contributed by atoms with E-state index in [2.05, 4.69) is 18.7 Å². The Morgan fingerprint density at radius 3 is 2.57 bits per heavy atom. The molecular formula is C15H23N3O3S2. The van der Waals surface area contributed by atoms with Crippen LogP contribution in [0.1, 0.15) is 20.8 Å². The van der Waals surface area contributed by atoms with Crippen molar-refractivity contribution in [3.8, 4) is 0 Å². The second-order valence-electron chi connectivity index (χ2n) is 5.89. The van der Waals surface area contributed by atoms with Gasteiger partial charge in [-0.15, -0.1) is 0 Å². The molecule has 0 unspecified atom stereocenters. The summed E-state index contributed by atoms with van der Waals surface area (Å²) >= 11 is 6.66. The highest BCUT2D eigenvalue weighted by atomic mass is 32.2. The maximum Gasteiger partial charge on any atom is 0.409 e. The number of carbonyl (C=O) groups is 2. The first-order valence-electron chi connectivity index (χ1n) is 7.83. The molecule has 23 heavy (non-hydrogen) atoms. The molecule has 2 saturated heterocycles. The van der Waals surface area contributed by atoms with Gasteiger partial charge < -0.3 is 14.5 Å². The Morgan fingerprint density at radius 2 is 2.00 bits per heavy atom. The highest BCUT2D eigenvalue weighted by molar-refractivity contribution is 8.26. The molecule has 8 heteroatoms. The quantitative estimate of drug-likeness (QED) is 0.567. The Hall–Kier alpha value is -1.28. The van der Waals surface area contributed by atoms with Gasteiger partial charge in [0, 0.05) is 38.9 Å². The number of thiocarbonyl (C=S) groups is 1. The van der Waals surface area contributed by atoms with Gasteiger partial charge in [0.2, 0.25) is 0 Å². The standard InChI is InChI=1S/C15H23N3O3S2/c1-4-21-14(20)17-7-5-16(6-8-17)10-12-13(19)18(9-11(2)3)15(22)23-12/h10-11H,4-9H2,1-3H3. The van der Waals surface area contributed by atoms with Crippen molar-refractivity contribution in [1.82, 2.24) is 14.7 Å². The molecule has 0 N–H and O–H groups in total. The second kappa shape index (κ2) is 8.01. The van der Waals surface area contributed by atoms with E-state index in [0.717, 1.165) is 0 Å². The lowest BCUT2D eigenvalue weighted by Crippen LogP contribution is -2.47. The smallest absolute Gasteiger partial charge is 0.409 e. The van der Waals surface area contributed by atoms with Gasteiger partial charge in [0.05, 0.1) is 11.5 Å². The maximum atomic E-state index is 12.4. The van der Waals surface area contributed by atoms with E-state index in [4.69, 9.17) is 17.0 Å². The number of hydrogen-bond donors (Lipinski definition) is 0. The van der Waals surface area contributed by atoms with Crippen LogP contribution in [0.2, 0.25) is 0 Å². The number of thioether (sulfide) groups is 1. The maximum absolute atomic E-state index is 12.4. The van der Waals surface area contributed by atoms with E-state index in [1.807, 2.05) is 6.20 Å². The van der Waals surface area contributed by atoms with Gasteiger partial charge in [-0.05, 0) is 12.8 Å². The van der Waals surface area contributed by atoms with E-state index >= 15 is 0 Å². The van der Waals surface area contributed by atoms with Gasteiger partial charge in [0.25, 0.3) is 5.91 Å². The molecule has 2 rings (SSSR count). The molecule has 0 spiro atoms. The van der Waals surface area contributed by atoms with Crippen molar-refractivity contribution >= 4 is 40.3 Å². The van der Waals surface area contributed by atoms with Crippen LogP contribution in [0.4, 0.5) is 4.79 Å². The summed E-state index contributed by atoms with van der Waals surface area (Å²) in [5, 5.41) is 0. The molecule has 0 aromatic carbocycles. The van der Waals surface area contributed by atoms with Crippen molar-refractivity contribution in [3.05, 3.63) is 11.1 Å². The van der Waals surface area contributed by atoms with Gasteiger partial charge in [-0.25, -0.2) is 4.79 Å². The molecule has 0 saturated carbocycles. The third kappa shape index (κ3) is 4.60. The zero-order valence-corrected chi connectivity index (χ0v) is 15.4. The number of hydrogen-bond acceptors (Lipinski definition) is 6. The highest BCUT2D eigenvalue weighted by Crippen LogP contribution is 2.31. The fraction of sp³-hybridized carbons (Fsp3) is 0.667. The van der Waals surface area contributed by atoms with Crippen molar-refractivity contribution in [3.63, 3.8) is 0 Å². The van der Waals surface area contributed by atoms with Crippen molar-refractivity contribution in [2.45, 2.75) is 20.8 Å². The summed E-state index contributed by atoms with van der Waals surface area (Å²) in [5.41, 5.74) is 0. The Bertz CT molecular complexity index is 514. The number of amides is 2. The van der Waals surface area contributed by atoms with Crippen molar-refractivity contribution in [2.75, 3.05) is 39.3 Å². The third-order valence-corrected chi connectivity index (χ3v) is 4.93. The molecule has 2 aliphatic heterocycles. The number of carbonyl (C=O) groups excluding carboxylic acids is 2. The molecule has 2 aliphatic rings. The van der Waals surface area contributed by atoms with Crippen LogP contribution >= 0.6 is 24.0 Å². The van der Waals surface area contributed by atoms with E-state index in [1.165, 1.54) is 11.8 Å². The first kappa shape index (κ1) is 18.1. The lowest BCUT2D eigenvalue weighted by Gasteiger charge is -2.33. The number of ether oxygens (including phenoxy) is 1. The molecule has 0 bridgehead atoms. The normalized spacial score (nSPS) is 20.9. The average molecular weight is 358 g/mol. The van der Waals surface area contributed by atoms with Crippen LogP contribution in [-0.4, -0.2) is 70.4 Å². The Balaban J connectivity index is 1.92. The average Bonchev–Trinajstić information content (AvgIpc) is 2.75. The van der Waals surface area contributed by atoms with Gasteiger partial charge >= 0.3 is 6.09 Å². The Kier molecular flexibility index (Phi) is 6.29. The van der Waals surface area contributed by atoms with Gasteiger partial charge in [-0.3, -0.25) is 9.69 Å². The van der Waals surface area contributed by atoms with Crippen molar-refractivity contribution in [2.24, 2.45) is 5.92 Å². The largest absolute Gasteiger partial charge is 0.450 e. The lowest BCUT2D eigenvalue weighted by molar-refractivity contribution is -0.122. The molecular weight excluding hydrogens is 334 g/mol. The van der Waals surface area contributed by atoms with Crippen LogP contribution in [0.5, 0.6) is 0 Å². The Labute approximate surface area is 146 Å². The third-order valence-electron chi connectivity index (χ3n) is 3.56. The molecule has 0 aromatic rings. The van der Waals surface area contributed by atoms with E-state index in [0.29, 0.717) is 54.5 Å². The Morgan fingerprint density at radius 1 is 1.35 bits per heavy atom. The van der Waals surface area contributed by atoms with Crippen LogP contribution in [0.15, 0.2) is 11.1 Å². The molecule has 2 amide bonds. The SMILES string of the molecule is CCOC(=O)N1CCN(C=C2SC(=S)N(CC(C)C)C2=O)CC1. The van der Waals surface area contributed by atoms with E-state index < -0.39 is 0 Å². The van der Waals surface area contributed by atoms with E-state index in [-0.39, 0.29) is 12.0 Å². The minimum absolute atomic E-state index is 0.0125. The van der Waals surface area contributed by atoms with E-state index in [9.17, 15) is 9.59 Å². The lowest BCUT2D eigenvalue weighted by atomic mass is 10.2. The first-order chi connectivity index (χ1) is 10.9. The molecule has 6 nitrogen and oxygen atoms in total. The molecule has 0 radical (unpaired) electrons. The van der Waals surface area contributed by atoms with Gasteiger partial charge in [0.1, 0.15) is 4.32 Å². The minimum atomic E-state index is -0.268.